The zero-order chi connectivity index (χ0) is 20.9. The molecule has 0 aliphatic carbocycles. The molecule has 154 valence electrons. The van der Waals surface area contributed by atoms with E-state index >= 15 is 0 Å². The fourth-order valence-electron chi connectivity index (χ4n) is 3.95. The van der Waals surface area contributed by atoms with E-state index in [1.165, 1.54) is 0 Å². The number of nitrogens with one attached hydrogen (secondary N) is 1. The quantitative estimate of drug-likeness (QED) is 0.475. The van der Waals surface area contributed by atoms with Gasteiger partial charge < -0.3 is 14.3 Å². The molecule has 1 N–H and O–H groups in total. The van der Waals surface area contributed by atoms with E-state index in [4.69, 9.17) is 4.42 Å². The van der Waals surface area contributed by atoms with Crippen LogP contribution in [0.3, 0.4) is 0 Å². The van der Waals surface area contributed by atoms with Crippen LogP contribution < -0.4 is 0 Å². The van der Waals surface area contributed by atoms with Crippen molar-refractivity contribution in [3.05, 3.63) is 72.0 Å². The number of pyridine rings is 1. The number of H-pyrrole nitrogens is 1. The Balaban J connectivity index is 1.40. The Morgan fingerprint density at radius 3 is 2.97 bits per heavy atom. The summed E-state index contributed by atoms with van der Waals surface area (Å²) in [4.78, 5) is 22.8. The number of aromatic amines is 1. The molecule has 31 heavy (non-hydrogen) atoms. The Labute approximate surface area is 175 Å². The van der Waals surface area contributed by atoms with Gasteiger partial charge in [-0.2, -0.15) is 10.2 Å². The van der Waals surface area contributed by atoms with Crippen LogP contribution in [-0.2, 0) is 13.5 Å². The van der Waals surface area contributed by atoms with Crippen LogP contribution in [0.4, 0.5) is 0 Å². The van der Waals surface area contributed by atoms with Gasteiger partial charge in [0, 0.05) is 38.1 Å². The van der Waals surface area contributed by atoms with Gasteiger partial charge in [-0.15, -0.1) is 10.2 Å². The SMILES string of the molecule is Cn1ccc(-c2nnc(C(=O)N3CCc4[nH]cnc4[C@H]3c3cc4ccccn4n3)o2)n1. The molecule has 6 rings (SSSR count). The van der Waals surface area contributed by atoms with Gasteiger partial charge in [0.1, 0.15) is 11.7 Å². The molecule has 0 saturated carbocycles. The molecule has 0 bridgehead atoms. The van der Waals surface area contributed by atoms with Gasteiger partial charge in [0.2, 0.25) is 0 Å². The Morgan fingerprint density at radius 2 is 2.13 bits per heavy atom. The summed E-state index contributed by atoms with van der Waals surface area (Å²) in [5, 5.41) is 16.9. The number of hydrogen-bond acceptors (Lipinski definition) is 7. The molecule has 11 nitrogen and oxygen atoms in total. The second-order valence-electron chi connectivity index (χ2n) is 7.34. The normalized spacial score (nSPS) is 16.0. The van der Waals surface area contributed by atoms with Crippen LogP contribution in [0.15, 0.2) is 53.5 Å². The van der Waals surface area contributed by atoms with Crippen LogP contribution >= 0.6 is 0 Å². The van der Waals surface area contributed by atoms with Crippen molar-refractivity contribution >= 4 is 11.4 Å². The topological polar surface area (TPSA) is 123 Å². The number of imidazole rings is 1. The number of fused-ring (bicyclic) bond motifs is 2. The lowest BCUT2D eigenvalue weighted by atomic mass is 9.99. The molecule has 1 aliphatic heterocycles. The highest BCUT2D eigenvalue weighted by molar-refractivity contribution is 5.90. The van der Waals surface area contributed by atoms with Crippen molar-refractivity contribution in [2.75, 3.05) is 6.54 Å². The van der Waals surface area contributed by atoms with Crippen molar-refractivity contribution < 1.29 is 9.21 Å². The average Bonchev–Trinajstić information content (AvgIpc) is 3.57. The Bertz CT molecular complexity index is 1380. The van der Waals surface area contributed by atoms with E-state index < -0.39 is 6.04 Å². The lowest BCUT2D eigenvalue weighted by Crippen LogP contribution is -2.41. The Morgan fingerprint density at radius 1 is 1.19 bits per heavy atom. The van der Waals surface area contributed by atoms with Crippen molar-refractivity contribution in [2.45, 2.75) is 12.5 Å². The van der Waals surface area contributed by atoms with Gasteiger partial charge in [-0.25, -0.2) is 9.50 Å². The molecule has 5 aromatic heterocycles. The summed E-state index contributed by atoms with van der Waals surface area (Å²) in [6, 6.07) is 9.06. The standard InChI is InChI=1S/C20H17N9O2/c1-27-8-5-14(25-27)18-23-24-19(31-18)20(30)28-9-6-13-16(22-11-21-13)17(28)15-10-12-4-2-3-7-29(12)26-15/h2-5,7-8,10-11,17H,6,9H2,1H3,(H,21,22)/t17-/m1/s1. The van der Waals surface area contributed by atoms with E-state index in [9.17, 15) is 4.79 Å². The number of aryl methyl sites for hydroxylation is 1. The fourth-order valence-corrected chi connectivity index (χ4v) is 3.95. The lowest BCUT2D eigenvalue weighted by Gasteiger charge is -2.32. The summed E-state index contributed by atoms with van der Waals surface area (Å²) in [5.41, 5.74) is 3.93. The van der Waals surface area contributed by atoms with E-state index in [1.807, 2.05) is 30.5 Å². The highest BCUT2D eigenvalue weighted by atomic mass is 16.4. The van der Waals surface area contributed by atoms with Gasteiger partial charge in [0.15, 0.2) is 0 Å². The molecule has 1 aliphatic rings. The summed E-state index contributed by atoms with van der Waals surface area (Å²) < 4.78 is 9.08. The molecule has 0 spiro atoms. The van der Waals surface area contributed by atoms with E-state index in [0.717, 1.165) is 22.6 Å². The molecule has 0 saturated heterocycles. The maximum atomic E-state index is 13.4. The summed E-state index contributed by atoms with van der Waals surface area (Å²) in [6.07, 6.45) is 5.93. The number of hydrogen-bond donors (Lipinski definition) is 1. The van der Waals surface area contributed by atoms with Crippen molar-refractivity contribution in [3.63, 3.8) is 0 Å². The third kappa shape index (κ3) is 2.81. The number of carbonyl (C=O) groups is 1. The van der Waals surface area contributed by atoms with Gasteiger partial charge in [0.25, 0.3) is 5.89 Å². The molecule has 0 fully saturated rings. The number of amides is 1. The molecular weight excluding hydrogens is 398 g/mol. The number of aromatic nitrogens is 8. The zero-order valence-corrected chi connectivity index (χ0v) is 16.5. The molecule has 0 unspecified atom stereocenters. The van der Waals surface area contributed by atoms with Crippen LogP contribution in [0.25, 0.3) is 17.1 Å². The Kier molecular flexibility index (Phi) is 3.75. The number of nitrogens with zero attached hydrogens (tertiary/aromatic N) is 8. The predicted octanol–water partition coefficient (Wildman–Crippen LogP) is 1.63. The molecule has 1 atom stereocenters. The van der Waals surface area contributed by atoms with Gasteiger partial charge in [0.05, 0.1) is 23.2 Å². The minimum Gasteiger partial charge on any atom is -0.411 e. The van der Waals surface area contributed by atoms with E-state index in [2.05, 4.69) is 30.4 Å². The lowest BCUT2D eigenvalue weighted by molar-refractivity contribution is 0.0646. The molecular formula is C20H17N9O2. The first kappa shape index (κ1) is 17.6. The van der Waals surface area contributed by atoms with Gasteiger partial charge in [-0.1, -0.05) is 6.07 Å². The number of rotatable bonds is 3. The maximum Gasteiger partial charge on any atom is 0.312 e. The summed E-state index contributed by atoms with van der Waals surface area (Å²) >= 11 is 0. The second-order valence-corrected chi connectivity index (χ2v) is 7.34. The number of carbonyl (C=O) groups excluding carboxylic acids is 1. The molecule has 5 aromatic rings. The van der Waals surface area contributed by atoms with E-state index in [-0.39, 0.29) is 17.7 Å². The van der Waals surface area contributed by atoms with Crippen LogP contribution in [0.5, 0.6) is 0 Å². The molecule has 0 radical (unpaired) electrons. The van der Waals surface area contributed by atoms with Crippen molar-refractivity contribution in [1.82, 2.24) is 44.5 Å². The monoisotopic (exact) mass is 415 g/mol. The largest absolute Gasteiger partial charge is 0.411 e. The molecule has 0 aromatic carbocycles. The first-order valence-corrected chi connectivity index (χ1v) is 9.78. The molecule has 1 amide bonds. The highest BCUT2D eigenvalue weighted by Crippen LogP contribution is 2.34. The summed E-state index contributed by atoms with van der Waals surface area (Å²) in [7, 11) is 1.79. The van der Waals surface area contributed by atoms with Gasteiger partial charge in [-0.3, -0.25) is 9.48 Å². The van der Waals surface area contributed by atoms with Crippen LogP contribution in [0.2, 0.25) is 0 Å². The van der Waals surface area contributed by atoms with E-state index in [1.54, 1.807) is 39.7 Å². The maximum absolute atomic E-state index is 13.4. The van der Waals surface area contributed by atoms with Crippen LogP contribution in [0, 0.1) is 0 Å². The van der Waals surface area contributed by atoms with Gasteiger partial charge in [-0.05, 0) is 24.3 Å². The van der Waals surface area contributed by atoms with E-state index in [0.29, 0.717) is 18.7 Å². The highest BCUT2D eigenvalue weighted by Gasteiger charge is 2.38. The predicted molar refractivity (Wildman–Crippen MR) is 107 cm³/mol. The second kappa shape index (κ2) is 6.62. The first-order valence-electron chi connectivity index (χ1n) is 9.78. The first-order chi connectivity index (χ1) is 15.2. The summed E-state index contributed by atoms with van der Waals surface area (Å²) in [6.45, 7) is 0.466. The van der Waals surface area contributed by atoms with Crippen molar-refractivity contribution in [1.29, 1.82) is 0 Å². The van der Waals surface area contributed by atoms with Crippen LogP contribution in [-0.4, -0.2) is 56.9 Å². The van der Waals surface area contributed by atoms with Gasteiger partial charge >= 0.3 is 11.8 Å². The smallest absolute Gasteiger partial charge is 0.312 e. The molecule has 6 heterocycles. The third-order valence-electron chi connectivity index (χ3n) is 5.40. The molecule has 11 heteroatoms. The zero-order valence-electron chi connectivity index (χ0n) is 16.5. The van der Waals surface area contributed by atoms with Crippen LogP contribution in [0.1, 0.15) is 33.8 Å². The summed E-state index contributed by atoms with van der Waals surface area (Å²) in [5.74, 6) is -0.260. The Hall–Kier alpha value is -4.28. The average molecular weight is 415 g/mol. The van der Waals surface area contributed by atoms with Crippen molar-refractivity contribution in [2.24, 2.45) is 7.05 Å². The fraction of sp³-hybridized carbons (Fsp3) is 0.200. The van der Waals surface area contributed by atoms with Crippen molar-refractivity contribution in [3.8, 4) is 11.6 Å². The minimum absolute atomic E-state index is 0.0894. The minimum atomic E-state index is -0.465. The third-order valence-corrected chi connectivity index (χ3v) is 5.40.